The normalized spacial score (nSPS) is 27.5. The molecule has 0 heterocycles. The van der Waals surface area contributed by atoms with Crippen LogP contribution in [0.1, 0.15) is 104 Å². The van der Waals surface area contributed by atoms with Crippen molar-refractivity contribution in [2.75, 3.05) is 14.2 Å². The molecule has 2 aliphatic carbocycles. The third-order valence-electron chi connectivity index (χ3n) is 8.82. The number of carbonyl (C=O) groups excluding carboxylic acids is 1. The molecule has 2 saturated carbocycles. The van der Waals surface area contributed by atoms with Crippen LogP contribution < -0.4 is 9.47 Å². The van der Waals surface area contributed by atoms with Crippen molar-refractivity contribution in [1.29, 1.82) is 0 Å². The summed E-state index contributed by atoms with van der Waals surface area (Å²) in [5.74, 6) is 2.20. The lowest BCUT2D eigenvalue weighted by atomic mass is 9.70. The number of hydrogen-bond donors (Lipinski definition) is 0. The van der Waals surface area contributed by atoms with E-state index in [0.29, 0.717) is 11.7 Å². The van der Waals surface area contributed by atoms with Crippen LogP contribution in [0.5, 0.6) is 11.5 Å². The van der Waals surface area contributed by atoms with Crippen molar-refractivity contribution >= 4 is 5.78 Å². The second-order valence-electron chi connectivity index (χ2n) is 11.0. The molecule has 0 aliphatic heterocycles. The summed E-state index contributed by atoms with van der Waals surface area (Å²) < 4.78 is 11.8. The van der Waals surface area contributed by atoms with Crippen LogP contribution in [0.2, 0.25) is 0 Å². The number of ether oxygens (including phenoxy) is 2. The molecule has 0 amide bonds. The van der Waals surface area contributed by atoms with E-state index < -0.39 is 0 Å². The molecule has 30 heavy (non-hydrogen) atoms. The summed E-state index contributed by atoms with van der Waals surface area (Å²) >= 11 is 0. The van der Waals surface area contributed by atoms with Gasteiger partial charge in [0.1, 0.15) is 17.3 Å². The van der Waals surface area contributed by atoms with E-state index in [2.05, 4.69) is 53.7 Å². The number of ketones is 1. The van der Waals surface area contributed by atoms with Crippen molar-refractivity contribution in [1.82, 2.24) is 0 Å². The fourth-order valence-electron chi connectivity index (χ4n) is 6.19. The minimum atomic E-state index is -0.254. The van der Waals surface area contributed by atoms with Crippen LogP contribution in [0, 0.1) is 16.7 Å². The number of rotatable bonds is 9. The van der Waals surface area contributed by atoms with Crippen LogP contribution in [-0.2, 0) is 10.2 Å². The molecular formula is C27H42O3. The highest BCUT2D eigenvalue weighted by Gasteiger charge is 2.67. The molecular weight excluding hydrogens is 372 g/mol. The first-order chi connectivity index (χ1) is 14.0. The van der Waals surface area contributed by atoms with Crippen LogP contribution in [0.4, 0.5) is 0 Å². The molecule has 2 bridgehead atoms. The predicted octanol–water partition coefficient (Wildman–Crippen LogP) is 7.06. The summed E-state index contributed by atoms with van der Waals surface area (Å²) in [5, 5.41) is 0. The standard InChI is InChI=1S/C27H42O3/c1-9-10-11-12-14-25(2,3)18-16-20(29-7)23(21(17-18)30-8)22-19-13-15-27(6,24(22)28)26(19,4)5/h16-17,19,22H,9-15H2,1-8H3/t19-,22?,27+/m1/s1. The average Bonchev–Trinajstić information content (AvgIpc) is 3.02. The van der Waals surface area contributed by atoms with E-state index in [-0.39, 0.29) is 22.2 Å². The van der Waals surface area contributed by atoms with Crippen LogP contribution >= 0.6 is 0 Å². The van der Waals surface area contributed by atoms with Gasteiger partial charge in [-0.25, -0.2) is 0 Å². The lowest BCUT2D eigenvalue weighted by molar-refractivity contribution is -0.129. The summed E-state index contributed by atoms with van der Waals surface area (Å²) in [6.07, 6.45) is 8.27. The van der Waals surface area contributed by atoms with E-state index in [1.165, 1.54) is 31.2 Å². The number of fused-ring (bicyclic) bond motifs is 2. The Morgan fingerprint density at radius 3 is 2.10 bits per heavy atom. The molecule has 1 aromatic rings. The number of benzene rings is 1. The Balaban J connectivity index is 2.01. The number of methoxy groups -OCH3 is 2. The molecule has 0 radical (unpaired) electrons. The van der Waals surface area contributed by atoms with Gasteiger partial charge in [0, 0.05) is 11.0 Å². The molecule has 3 heteroatoms. The maximum atomic E-state index is 13.6. The molecule has 0 aromatic heterocycles. The highest BCUT2D eigenvalue weighted by molar-refractivity contribution is 5.96. The van der Waals surface area contributed by atoms with Crippen LogP contribution in [-0.4, -0.2) is 20.0 Å². The second-order valence-corrected chi connectivity index (χ2v) is 11.0. The van der Waals surface area contributed by atoms with Crippen molar-refractivity contribution in [3.05, 3.63) is 23.3 Å². The van der Waals surface area contributed by atoms with Gasteiger partial charge < -0.3 is 9.47 Å². The van der Waals surface area contributed by atoms with Gasteiger partial charge in [-0.2, -0.15) is 0 Å². The molecule has 1 aromatic carbocycles. The Kier molecular flexibility index (Phi) is 6.33. The minimum Gasteiger partial charge on any atom is -0.496 e. The second kappa shape index (κ2) is 8.20. The molecule has 2 fully saturated rings. The molecule has 1 unspecified atom stereocenters. The Labute approximate surface area is 183 Å². The van der Waals surface area contributed by atoms with Crippen molar-refractivity contribution in [3.63, 3.8) is 0 Å². The molecule has 0 spiro atoms. The van der Waals surface area contributed by atoms with Gasteiger partial charge in [-0.3, -0.25) is 4.79 Å². The molecule has 3 atom stereocenters. The van der Waals surface area contributed by atoms with Crippen LogP contribution in [0.15, 0.2) is 12.1 Å². The summed E-state index contributed by atoms with van der Waals surface area (Å²) in [6.45, 7) is 13.6. The summed E-state index contributed by atoms with van der Waals surface area (Å²) in [6, 6.07) is 4.35. The smallest absolute Gasteiger partial charge is 0.147 e. The van der Waals surface area contributed by atoms with Crippen molar-refractivity contribution in [2.24, 2.45) is 16.7 Å². The van der Waals surface area contributed by atoms with E-state index in [0.717, 1.165) is 36.3 Å². The molecule has 0 N–H and O–H groups in total. The molecule has 3 nitrogen and oxygen atoms in total. The molecule has 3 rings (SSSR count). The van der Waals surface area contributed by atoms with Crippen molar-refractivity contribution < 1.29 is 14.3 Å². The predicted molar refractivity (Wildman–Crippen MR) is 124 cm³/mol. The van der Waals surface area contributed by atoms with Gasteiger partial charge in [-0.15, -0.1) is 0 Å². The summed E-state index contributed by atoms with van der Waals surface area (Å²) in [7, 11) is 3.45. The quantitative estimate of drug-likeness (QED) is 0.406. The van der Waals surface area contributed by atoms with Crippen LogP contribution in [0.3, 0.4) is 0 Å². The maximum Gasteiger partial charge on any atom is 0.147 e. The number of Topliss-reactive ketones (excluding diaryl/α,β-unsaturated/α-hetero) is 1. The van der Waals surface area contributed by atoms with Gasteiger partial charge in [0.05, 0.1) is 20.1 Å². The Bertz CT molecular complexity index is 766. The summed E-state index contributed by atoms with van der Waals surface area (Å²) in [5.41, 5.74) is 1.99. The van der Waals surface area contributed by atoms with Crippen molar-refractivity contribution in [2.45, 2.75) is 97.8 Å². The van der Waals surface area contributed by atoms with Gasteiger partial charge in [-0.05, 0) is 53.7 Å². The largest absolute Gasteiger partial charge is 0.496 e. The molecule has 2 aliphatic rings. The van der Waals surface area contributed by atoms with Crippen molar-refractivity contribution in [3.8, 4) is 11.5 Å². The summed E-state index contributed by atoms with van der Waals surface area (Å²) in [4.78, 5) is 13.6. The van der Waals surface area contributed by atoms with E-state index in [1.54, 1.807) is 14.2 Å². The lowest BCUT2D eigenvalue weighted by Gasteiger charge is -2.32. The van der Waals surface area contributed by atoms with Gasteiger partial charge in [0.2, 0.25) is 0 Å². The van der Waals surface area contributed by atoms with E-state index in [9.17, 15) is 4.79 Å². The number of hydrogen-bond acceptors (Lipinski definition) is 3. The van der Waals surface area contributed by atoms with E-state index >= 15 is 0 Å². The molecule has 0 saturated heterocycles. The fourth-order valence-corrected chi connectivity index (χ4v) is 6.19. The zero-order valence-corrected chi connectivity index (χ0v) is 20.5. The maximum absolute atomic E-state index is 13.6. The first-order valence-electron chi connectivity index (χ1n) is 11.9. The lowest BCUT2D eigenvalue weighted by Crippen LogP contribution is -2.33. The monoisotopic (exact) mass is 414 g/mol. The zero-order valence-electron chi connectivity index (χ0n) is 20.5. The van der Waals surface area contributed by atoms with Gasteiger partial charge in [-0.1, -0.05) is 67.2 Å². The minimum absolute atomic E-state index is 0.00198. The van der Waals surface area contributed by atoms with Gasteiger partial charge in [0.15, 0.2) is 0 Å². The highest BCUT2D eigenvalue weighted by atomic mass is 16.5. The van der Waals surface area contributed by atoms with E-state index in [4.69, 9.17) is 9.47 Å². The number of carbonyl (C=O) groups is 1. The zero-order chi connectivity index (χ0) is 22.3. The Morgan fingerprint density at radius 2 is 1.63 bits per heavy atom. The fraction of sp³-hybridized carbons (Fsp3) is 0.741. The topological polar surface area (TPSA) is 35.5 Å². The SMILES string of the molecule is CCCCCCC(C)(C)c1cc(OC)c(C2C(=O)[C@]3(C)CC[C@H]2C3(C)C)c(OC)c1. The first kappa shape index (κ1) is 23.2. The third kappa shape index (κ3) is 3.46. The van der Waals surface area contributed by atoms with Gasteiger partial charge >= 0.3 is 0 Å². The van der Waals surface area contributed by atoms with Gasteiger partial charge in [0.25, 0.3) is 0 Å². The highest BCUT2D eigenvalue weighted by Crippen LogP contribution is 2.69. The van der Waals surface area contributed by atoms with E-state index in [1.807, 2.05) is 0 Å². The average molecular weight is 415 g/mol. The first-order valence-corrected chi connectivity index (χ1v) is 11.9. The Hall–Kier alpha value is -1.51. The Morgan fingerprint density at radius 1 is 1.03 bits per heavy atom. The third-order valence-corrected chi connectivity index (χ3v) is 8.82. The van der Waals surface area contributed by atoms with Crippen LogP contribution in [0.25, 0.3) is 0 Å². The number of unbranched alkanes of at least 4 members (excludes halogenated alkanes) is 3. The molecule has 168 valence electrons.